The van der Waals surface area contributed by atoms with E-state index in [-0.39, 0.29) is 16.3 Å². The van der Waals surface area contributed by atoms with Crippen LogP contribution >= 0.6 is 11.6 Å². The quantitative estimate of drug-likeness (QED) is 0.907. The number of aromatic carboxylic acids is 1. The summed E-state index contributed by atoms with van der Waals surface area (Å²) in [6.45, 7) is 0. The van der Waals surface area contributed by atoms with Gasteiger partial charge in [0.15, 0.2) is 0 Å². The van der Waals surface area contributed by atoms with E-state index in [0.29, 0.717) is 5.75 Å². The highest BCUT2D eigenvalue weighted by Crippen LogP contribution is 2.29. The van der Waals surface area contributed by atoms with Crippen LogP contribution in [-0.2, 0) is 0 Å². The number of ether oxygens (including phenoxy) is 1. The summed E-state index contributed by atoms with van der Waals surface area (Å²) in [4.78, 5) is 14.9. The van der Waals surface area contributed by atoms with Crippen LogP contribution in [0.25, 0.3) is 0 Å². The van der Waals surface area contributed by atoms with Crippen molar-refractivity contribution in [1.29, 1.82) is 0 Å². The smallest absolute Gasteiger partial charge is 0.341 e. The van der Waals surface area contributed by atoms with Crippen LogP contribution in [-0.4, -0.2) is 16.1 Å². The Balaban J connectivity index is 2.40. The molecule has 0 aliphatic carbocycles. The van der Waals surface area contributed by atoms with E-state index in [4.69, 9.17) is 21.4 Å². The first kappa shape index (κ1) is 11.4. The third-order valence-corrected chi connectivity index (χ3v) is 2.37. The van der Waals surface area contributed by atoms with Gasteiger partial charge in [-0.3, -0.25) is 4.98 Å². The first-order chi connectivity index (χ1) is 8.18. The second-order valence-electron chi connectivity index (χ2n) is 3.21. The average molecular weight is 250 g/mol. The number of aromatic nitrogens is 1. The number of rotatable bonds is 3. The molecule has 0 saturated carbocycles. The van der Waals surface area contributed by atoms with Crippen molar-refractivity contribution in [3.05, 3.63) is 53.3 Å². The molecule has 1 aromatic heterocycles. The average Bonchev–Trinajstić information content (AvgIpc) is 2.30. The predicted molar refractivity (Wildman–Crippen MR) is 62.7 cm³/mol. The first-order valence-electron chi connectivity index (χ1n) is 4.78. The van der Waals surface area contributed by atoms with E-state index < -0.39 is 5.97 Å². The molecule has 1 heterocycles. The summed E-state index contributed by atoms with van der Waals surface area (Å²) >= 11 is 5.81. The van der Waals surface area contributed by atoms with Crippen molar-refractivity contribution < 1.29 is 14.6 Å². The maximum absolute atomic E-state index is 11.1. The van der Waals surface area contributed by atoms with Crippen LogP contribution < -0.4 is 4.74 Å². The highest BCUT2D eigenvalue weighted by molar-refractivity contribution is 6.33. The van der Waals surface area contributed by atoms with Gasteiger partial charge in [-0.25, -0.2) is 4.79 Å². The number of carboxylic acid groups (broad SMARTS) is 1. The van der Waals surface area contributed by atoms with Crippen molar-refractivity contribution in [2.75, 3.05) is 0 Å². The van der Waals surface area contributed by atoms with E-state index in [9.17, 15) is 4.79 Å². The molecule has 4 nitrogen and oxygen atoms in total. The molecule has 0 atom stereocenters. The zero-order valence-corrected chi connectivity index (χ0v) is 9.39. The lowest BCUT2D eigenvalue weighted by molar-refractivity contribution is 0.0694. The van der Waals surface area contributed by atoms with Crippen molar-refractivity contribution in [2.24, 2.45) is 0 Å². The molecule has 2 aromatic rings. The van der Waals surface area contributed by atoms with Crippen LogP contribution in [0, 0.1) is 0 Å². The highest BCUT2D eigenvalue weighted by Gasteiger charge is 2.15. The van der Waals surface area contributed by atoms with Gasteiger partial charge in [0.2, 0.25) is 0 Å². The second-order valence-corrected chi connectivity index (χ2v) is 3.62. The van der Waals surface area contributed by atoms with E-state index in [1.165, 1.54) is 12.3 Å². The van der Waals surface area contributed by atoms with Crippen molar-refractivity contribution in [1.82, 2.24) is 4.98 Å². The van der Waals surface area contributed by atoms with Crippen LogP contribution in [0.5, 0.6) is 11.5 Å². The lowest BCUT2D eigenvalue weighted by Gasteiger charge is -2.09. The molecule has 5 heteroatoms. The Labute approximate surface area is 102 Å². The molecule has 0 aliphatic heterocycles. The highest BCUT2D eigenvalue weighted by atomic mass is 35.5. The van der Waals surface area contributed by atoms with Gasteiger partial charge in [0, 0.05) is 6.20 Å². The summed E-state index contributed by atoms with van der Waals surface area (Å²) in [6, 6.07) is 8.05. The Morgan fingerprint density at radius 1 is 1.29 bits per heavy atom. The summed E-state index contributed by atoms with van der Waals surface area (Å²) in [6.07, 6.45) is 3.09. The Morgan fingerprint density at radius 2 is 2.12 bits per heavy atom. The van der Waals surface area contributed by atoms with E-state index >= 15 is 0 Å². The van der Waals surface area contributed by atoms with Crippen LogP contribution in [0.3, 0.4) is 0 Å². The molecule has 1 N–H and O–H groups in total. The van der Waals surface area contributed by atoms with Gasteiger partial charge in [0.1, 0.15) is 17.1 Å². The number of halogens is 1. The molecule has 2 rings (SSSR count). The predicted octanol–water partition coefficient (Wildman–Crippen LogP) is 3.23. The molecule has 17 heavy (non-hydrogen) atoms. The molecule has 0 unspecified atom stereocenters. The van der Waals surface area contributed by atoms with Gasteiger partial charge in [-0.15, -0.1) is 0 Å². The van der Waals surface area contributed by atoms with Crippen molar-refractivity contribution >= 4 is 17.6 Å². The van der Waals surface area contributed by atoms with Gasteiger partial charge in [0.05, 0.1) is 11.2 Å². The number of hydrogen-bond acceptors (Lipinski definition) is 3. The van der Waals surface area contributed by atoms with Gasteiger partial charge in [0.25, 0.3) is 0 Å². The fourth-order valence-electron chi connectivity index (χ4n) is 1.33. The number of carboxylic acids is 1. The summed E-state index contributed by atoms with van der Waals surface area (Å²) < 4.78 is 5.42. The third kappa shape index (κ3) is 2.54. The van der Waals surface area contributed by atoms with E-state index in [2.05, 4.69) is 4.98 Å². The number of hydrogen-bond donors (Lipinski definition) is 1. The number of carbonyl (C=O) groups is 1. The lowest BCUT2D eigenvalue weighted by Crippen LogP contribution is -2.01. The standard InChI is InChI=1S/C12H8ClNO3/c13-9-4-1-5-10(11(9)12(15)16)17-8-3-2-6-14-7-8/h1-7H,(H,15,16). The van der Waals surface area contributed by atoms with Gasteiger partial charge >= 0.3 is 5.97 Å². The van der Waals surface area contributed by atoms with E-state index in [1.807, 2.05) is 0 Å². The second kappa shape index (κ2) is 4.84. The largest absolute Gasteiger partial charge is 0.478 e. The van der Waals surface area contributed by atoms with Crippen LogP contribution in [0.2, 0.25) is 5.02 Å². The van der Waals surface area contributed by atoms with Crippen molar-refractivity contribution in [3.8, 4) is 11.5 Å². The molecule has 0 amide bonds. The topological polar surface area (TPSA) is 59.4 Å². The number of nitrogens with zero attached hydrogens (tertiary/aromatic N) is 1. The van der Waals surface area contributed by atoms with Crippen molar-refractivity contribution in [2.45, 2.75) is 0 Å². The Hall–Kier alpha value is -2.07. The maximum atomic E-state index is 11.1. The van der Waals surface area contributed by atoms with Crippen molar-refractivity contribution in [3.63, 3.8) is 0 Å². The molecule has 0 fully saturated rings. The molecule has 0 spiro atoms. The summed E-state index contributed by atoms with van der Waals surface area (Å²) in [5.74, 6) is -0.482. The van der Waals surface area contributed by atoms with Gasteiger partial charge < -0.3 is 9.84 Å². The monoisotopic (exact) mass is 249 g/mol. The Kier molecular flexibility index (Phi) is 3.25. The third-order valence-electron chi connectivity index (χ3n) is 2.05. The molecule has 86 valence electrons. The number of benzene rings is 1. The number of pyridine rings is 1. The normalized spacial score (nSPS) is 9.94. The minimum atomic E-state index is -1.13. The Morgan fingerprint density at radius 3 is 2.76 bits per heavy atom. The minimum absolute atomic E-state index is 0.0574. The zero-order valence-electron chi connectivity index (χ0n) is 8.63. The molecule has 1 aromatic carbocycles. The van der Waals surface area contributed by atoms with E-state index in [1.54, 1.807) is 30.5 Å². The summed E-state index contributed by atoms with van der Waals surface area (Å²) in [5.41, 5.74) is -0.0574. The molecular weight excluding hydrogens is 242 g/mol. The first-order valence-corrected chi connectivity index (χ1v) is 5.16. The van der Waals surface area contributed by atoms with Crippen LogP contribution in [0.1, 0.15) is 10.4 Å². The van der Waals surface area contributed by atoms with Crippen LogP contribution in [0.15, 0.2) is 42.7 Å². The molecule has 0 bridgehead atoms. The molecule has 0 radical (unpaired) electrons. The molecule has 0 aliphatic rings. The Bertz CT molecular complexity index is 543. The SMILES string of the molecule is O=C(O)c1c(Cl)cccc1Oc1cccnc1. The van der Waals surface area contributed by atoms with Gasteiger partial charge in [-0.05, 0) is 24.3 Å². The fourth-order valence-corrected chi connectivity index (χ4v) is 1.58. The van der Waals surface area contributed by atoms with Gasteiger partial charge in [-0.2, -0.15) is 0 Å². The lowest BCUT2D eigenvalue weighted by atomic mass is 10.2. The maximum Gasteiger partial charge on any atom is 0.341 e. The minimum Gasteiger partial charge on any atom is -0.478 e. The van der Waals surface area contributed by atoms with Gasteiger partial charge in [-0.1, -0.05) is 17.7 Å². The summed E-state index contributed by atoms with van der Waals surface area (Å²) in [5, 5.41) is 9.18. The summed E-state index contributed by atoms with van der Waals surface area (Å²) in [7, 11) is 0. The molecular formula is C12H8ClNO3. The van der Waals surface area contributed by atoms with Crippen LogP contribution in [0.4, 0.5) is 0 Å². The zero-order chi connectivity index (χ0) is 12.3. The molecule has 0 saturated heterocycles. The van der Waals surface area contributed by atoms with E-state index in [0.717, 1.165) is 0 Å². The fraction of sp³-hybridized carbons (Fsp3) is 0.